The van der Waals surface area contributed by atoms with Gasteiger partial charge in [-0.1, -0.05) is 41.5 Å². The summed E-state index contributed by atoms with van der Waals surface area (Å²) in [5.41, 5.74) is 2.18. The zero-order chi connectivity index (χ0) is 19.2. The molecule has 0 spiro atoms. The number of rotatable bonds is 3. The predicted molar refractivity (Wildman–Crippen MR) is 100 cm³/mol. The lowest BCUT2D eigenvalue weighted by Crippen LogP contribution is -2.44. The van der Waals surface area contributed by atoms with E-state index >= 15 is 0 Å². The largest absolute Gasteiger partial charge is 0.332 e. The van der Waals surface area contributed by atoms with Crippen molar-refractivity contribution in [3.8, 4) is 0 Å². The number of hydrogen-bond donors (Lipinski definition) is 1. The Labute approximate surface area is 151 Å². The van der Waals surface area contributed by atoms with Gasteiger partial charge in [-0.3, -0.25) is 4.99 Å². The molecule has 142 valence electrons. The average Bonchev–Trinajstić information content (AvgIpc) is 2.75. The number of nitrogens with zero attached hydrogens (tertiary/aromatic N) is 2. The van der Waals surface area contributed by atoms with E-state index in [0.29, 0.717) is 18.4 Å². The van der Waals surface area contributed by atoms with Gasteiger partial charge in [-0.2, -0.15) is 0 Å². The van der Waals surface area contributed by atoms with Gasteiger partial charge in [0.05, 0.1) is 17.8 Å². The lowest BCUT2D eigenvalue weighted by molar-refractivity contribution is 0.393. The maximum Gasteiger partial charge on any atom is 0.236 e. The fourth-order valence-electron chi connectivity index (χ4n) is 3.84. The third-order valence-electron chi connectivity index (χ3n) is 4.51. The molecule has 2 aliphatic rings. The summed E-state index contributed by atoms with van der Waals surface area (Å²) in [6, 6.07) is -0.243. The first kappa shape index (κ1) is 20.1. The summed E-state index contributed by atoms with van der Waals surface area (Å²) in [7, 11) is -3.77. The molecule has 0 bridgehead atoms. The summed E-state index contributed by atoms with van der Waals surface area (Å²) < 4.78 is 38.7. The van der Waals surface area contributed by atoms with Gasteiger partial charge in [0, 0.05) is 30.1 Å². The van der Waals surface area contributed by atoms with Gasteiger partial charge in [-0.15, -0.1) is 0 Å². The molecule has 5 nitrogen and oxygen atoms in total. The highest BCUT2D eigenvalue weighted by Gasteiger charge is 2.43. The molecule has 0 aromatic rings. The number of sulfonamides is 1. The van der Waals surface area contributed by atoms with Crippen molar-refractivity contribution in [1.29, 1.82) is 0 Å². The smallest absolute Gasteiger partial charge is 0.236 e. The highest BCUT2D eigenvalue weighted by molar-refractivity contribution is 7.92. The molecule has 0 radical (unpaired) electrons. The quantitative estimate of drug-likeness (QED) is 0.825. The first-order valence-corrected chi connectivity index (χ1v) is 10.2. The van der Waals surface area contributed by atoms with Crippen molar-refractivity contribution in [2.24, 2.45) is 15.8 Å². The van der Waals surface area contributed by atoms with E-state index in [1.54, 1.807) is 0 Å². The fourth-order valence-corrected chi connectivity index (χ4v) is 4.68. The third kappa shape index (κ3) is 4.31. The average molecular weight is 372 g/mol. The van der Waals surface area contributed by atoms with Gasteiger partial charge in [-0.05, 0) is 17.9 Å². The topological polar surface area (TPSA) is 61.8 Å². The van der Waals surface area contributed by atoms with E-state index in [0.717, 1.165) is 11.5 Å². The number of halogens is 1. The van der Waals surface area contributed by atoms with Crippen LogP contribution in [-0.4, -0.2) is 37.8 Å². The van der Waals surface area contributed by atoms with Crippen LogP contribution < -0.4 is 4.72 Å². The van der Waals surface area contributed by atoms with E-state index in [2.05, 4.69) is 58.1 Å². The van der Waals surface area contributed by atoms with Crippen LogP contribution in [0.2, 0.25) is 0 Å². The molecule has 2 aliphatic heterocycles. The second-order valence-corrected chi connectivity index (χ2v) is 10.5. The SMILES string of the molecule is C[C@@H]1N=C(C(C)(C)C)N2C[C@@H](NS(=O)(=O)/C=C/F)CC2=C1C(C)(C)C. The summed E-state index contributed by atoms with van der Waals surface area (Å²) in [6.07, 6.45) is 0.639. The molecule has 0 aromatic heterocycles. The number of amidine groups is 1. The van der Waals surface area contributed by atoms with Gasteiger partial charge in [0.1, 0.15) is 5.84 Å². The van der Waals surface area contributed by atoms with Gasteiger partial charge in [0.25, 0.3) is 0 Å². The van der Waals surface area contributed by atoms with Crippen LogP contribution in [0.5, 0.6) is 0 Å². The van der Waals surface area contributed by atoms with Crippen LogP contribution in [0.1, 0.15) is 54.9 Å². The Hall–Kier alpha value is -1.21. The lowest BCUT2D eigenvalue weighted by atomic mass is 9.79. The van der Waals surface area contributed by atoms with Crippen molar-refractivity contribution < 1.29 is 12.8 Å². The number of nitrogens with one attached hydrogen (secondary N) is 1. The zero-order valence-electron chi connectivity index (χ0n) is 16.2. The van der Waals surface area contributed by atoms with Crippen molar-refractivity contribution in [1.82, 2.24) is 9.62 Å². The molecule has 1 saturated heterocycles. The van der Waals surface area contributed by atoms with Gasteiger partial charge >= 0.3 is 0 Å². The fraction of sp³-hybridized carbons (Fsp3) is 0.722. The molecule has 1 N–H and O–H groups in total. The molecule has 2 atom stereocenters. The number of fused-ring (bicyclic) bond motifs is 1. The Bertz CT molecular complexity index is 724. The second-order valence-electron chi connectivity index (χ2n) is 8.93. The standard InChI is InChI=1S/C18H30FN3O2S/c1-12-15(17(2,3)4)14-10-13(21-25(23,24)9-8-19)11-22(14)16(20-12)18(5,6)7/h8-9,12-13,21H,10-11H2,1-7H3/b9-8+/t12-,13-/m0/s1. The Morgan fingerprint density at radius 3 is 2.28 bits per heavy atom. The van der Waals surface area contributed by atoms with Gasteiger partial charge < -0.3 is 4.90 Å². The van der Waals surface area contributed by atoms with E-state index in [9.17, 15) is 12.8 Å². The van der Waals surface area contributed by atoms with E-state index < -0.39 is 10.0 Å². The summed E-state index contributed by atoms with van der Waals surface area (Å²) in [4.78, 5) is 7.10. The van der Waals surface area contributed by atoms with Crippen LogP contribution in [-0.2, 0) is 10.0 Å². The summed E-state index contributed by atoms with van der Waals surface area (Å²) in [5.74, 6) is 0.978. The Morgan fingerprint density at radius 2 is 1.80 bits per heavy atom. The minimum absolute atomic E-state index is 0.0502. The van der Waals surface area contributed by atoms with Gasteiger partial charge in [0.15, 0.2) is 0 Å². The molecule has 25 heavy (non-hydrogen) atoms. The van der Waals surface area contributed by atoms with Crippen molar-refractivity contribution in [2.75, 3.05) is 6.54 Å². The molecule has 0 unspecified atom stereocenters. The normalized spacial score (nSPS) is 25.6. The minimum Gasteiger partial charge on any atom is -0.332 e. The van der Waals surface area contributed by atoms with Gasteiger partial charge in [-0.25, -0.2) is 17.5 Å². The molecule has 0 aliphatic carbocycles. The van der Waals surface area contributed by atoms with Crippen LogP contribution in [0.15, 0.2) is 28.0 Å². The molecule has 2 heterocycles. The van der Waals surface area contributed by atoms with E-state index in [1.165, 1.54) is 5.57 Å². The first-order chi connectivity index (χ1) is 11.3. The van der Waals surface area contributed by atoms with Crippen molar-refractivity contribution in [3.63, 3.8) is 0 Å². The van der Waals surface area contributed by atoms with E-state index in [-0.39, 0.29) is 29.2 Å². The van der Waals surface area contributed by atoms with Crippen molar-refractivity contribution in [3.05, 3.63) is 23.0 Å². The van der Waals surface area contributed by atoms with Crippen LogP contribution in [0.25, 0.3) is 0 Å². The molecule has 1 fully saturated rings. The summed E-state index contributed by atoms with van der Waals surface area (Å²) in [6.45, 7) is 15.4. The van der Waals surface area contributed by atoms with Crippen molar-refractivity contribution in [2.45, 2.75) is 67.0 Å². The molecule has 0 aromatic carbocycles. The van der Waals surface area contributed by atoms with Crippen molar-refractivity contribution >= 4 is 15.9 Å². The van der Waals surface area contributed by atoms with E-state index in [4.69, 9.17) is 4.99 Å². The Morgan fingerprint density at radius 1 is 1.20 bits per heavy atom. The first-order valence-electron chi connectivity index (χ1n) is 8.64. The molecule has 0 amide bonds. The molecule has 2 rings (SSSR count). The van der Waals surface area contributed by atoms with Crippen LogP contribution in [0.3, 0.4) is 0 Å². The monoisotopic (exact) mass is 371 g/mol. The highest BCUT2D eigenvalue weighted by Crippen LogP contribution is 2.42. The minimum atomic E-state index is -3.77. The van der Waals surface area contributed by atoms with Crippen LogP contribution in [0, 0.1) is 10.8 Å². The Balaban J connectivity index is 2.45. The number of hydrogen-bond acceptors (Lipinski definition) is 4. The number of aliphatic imine (C=N–C) groups is 1. The second kappa shape index (κ2) is 6.50. The Kier molecular flexibility index (Phi) is 5.23. The highest BCUT2D eigenvalue weighted by atomic mass is 32.2. The maximum atomic E-state index is 12.3. The van der Waals surface area contributed by atoms with Crippen LogP contribution in [0.4, 0.5) is 4.39 Å². The van der Waals surface area contributed by atoms with Crippen LogP contribution >= 0.6 is 0 Å². The molecular weight excluding hydrogens is 341 g/mol. The lowest BCUT2D eigenvalue weighted by Gasteiger charge is -2.41. The summed E-state index contributed by atoms with van der Waals surface area (Å²) >= 11 is 0. The van der Waals surface area contributed by atoms with E-state index in [1.807, 2.05) is 0 Å². The predicted octanol–water partition coefficient (Wildman–Crippen LogP) is 3.57. The summed E-state index contributed by atoms with van der Waals surface area (Å²) in [5, 5.41) is 0.560. The zero-order valence-corrected chi connectivity index (χ0v) is 17.0. The third-order valence-corrected chi connectivity index (χ3v) is 5.63. The van der Waals surface area contributed by atoms with Gasteiger partial charge in [0.2, 0.25) is 10.0 Å². The molecule has 7 heteroatoms. The molecule has 0 saturated carbocycles. The maximum absolute atomic E-state index is 12.3. The molecular formula is C18H30FN3O2S.